The Bertz CT molecular complexity index is 1130. The summed E-state index contributed by atoms with van der Waals surface area (Å²) in [7, 11) is 0. The molecule has 0 N–H and O–H groups in total. The van der Waals surface area contributed by atoms with E-state index in [1.54, 1.807) is 34.4 Å². The molecule has 4 rings (SSSR count). The van der Waals surface area contributed by atoms with Crippen LogP contribution in [0.1, 0.15) is 16.1 Å². The number of fused-ring (bicyclic) bond motifs is 1. The average Bonchev–Trinajstić information content (AvgIpc) is 3.17. The number of aryl methyl sites for hydroxylation is 2. The molecular formula is C18H14FN3OS2. The van der Waals surface area contributed by atoms with Crippen LogP contribution in [0, 0.1) is 19.7 Å². The summed E-state index contributed by atoms with van der Waals surface area (Å²) < 4.78 is 14.6. The van der Waals surface area contributed by atoms with Crippen LogP contribution < -0.4 is 5.56 Å². The fourth-order valence-electron chi connectivity index (χ4n) is 2.66. The summed E-state index contributed by atoms with van der Waals surface area (Å²) in [6.45, 7) is 4.33. The summed E-state index contributed by atoms with van der Waals surface area (Å²) in [6, 6.07) is 6.24. The molecule has 0 fully saturated rings. The van der Waals surface area contributed by atoms with Gasteiger partial charge in [0, 0.05) is 15.8 Å². The van der Waals surface area contributed by atoms with Gasteiger partial charge in [-0.1, -0.05) is 0 Å². The second-order valence-electron chi connectivity index (χ2n) is 5.79. The number of hydrogen-bond acceptors (Lipinski definition) is 5. The van der Waals surface area contributed by atoms with Crippen molar-refractivity contribution >= 4 is 32.9 Å². The Kier molecular flexibility index (Phi) is 3.97. The molecule has 3 heterocycles. The molecule has 4 aromatic rings. The molecule has 4 nitrogen and oxygen atoms in total. The van der Waals surface area contributed by atoms with Gasteiger partial charge in [0.2, 0.25) is 0 Å². The molecule has 0 bridgehead atoms. The van der Waals surface area contributed by atoms with Gasteiger partial charge < -0.3 is 0 Å². The lowest BCUT2D eigenvalue weighted by atomic mass is 10.2. The van der Waals surface area contributed by atoms with Crippen molar-refractivity contribution in [2.45, 2.75) is 20.4 Å². The largest absolute Gasteiger partial charge is 0.293 e. The summed E-state index contributed by atoms with van der Waals surface area (Å²) in [5, 5.41) is 3.42. The SMILES string of the molecule is Cc1sc2ncn(Cc3csc(-c4ccc(F)cc4)n3)c(=O)c2c1C. The maximum absolute atomic E-state index is 13.0. The molecule has 0 atom stereocenters. The molecule has 0 radical (unpaired) electrons. The predicted molar refractivity (Wildman–Crippen MR) is 100.0 cm³/mol. The zero-order valence-electron chi connectivity index (χ0n) is 13.6. The summed E-state index contributed by atoms with van der Waals surface area (Å²) in [4.78, 5) is 23.6. The second kappa shape index (κ2) is 6.16. The highest BCUT2D eigenvalue weighted by molar-refractivity contribution is 7.18. The molecule has 3 aromatic heterocycles. The maximum atomic E-state index is 13.0. The molecule has 0 amide bonds. The number of hydrogen-bond donors (Lipinski definition) is 0. The molecule has 0 saturated carbocycles. The highest BCUT2D eigenvalue weighted by Gasteiger charge is 2.13. The van der Waals surface area contributed by atoms with Crippen molar-refractivity contribution in [2.75, 3.05) is 0 Å². The van der Waals surface area contributed by atoms with Crippen molar-refractivity contribution in [1.29, 1.82) is 0 Å². The Morgan fingerprint density at radius 2 is 1.96 bits per heavy atom. The van der Waals surface area contributed by atoms with E-state index in [0.29, 0.717) is 11.9 Å². The molecule has 0 saturated heterocycles. The van der Waals surface area contributed by atoms with E-state index in [2.05, 4.69) is 9.97 Å². The van der Waals surface area contributed by atoms with Crippen molar-refractivity contribution < 1.29 is 4.39 Å². The van der Waals surface area contributed by atoms with Crippen LogP contribution in [0.4, 0.5) is 4.39 Å². The Morgan fingerprint density at radius 3 is 2.72 bits per heavy atom. The van der Waals surface area contributed by atoms with Crippen LogP contribution in [0.5, 0.6) is 0 Å². The van der Waals surface area contributed by atoms with E-state index < -0.39 is 0 Å². The highest BCUT2D eigenvalue weighted by Crippen LogP contribution is 2.26. The molecule has 126 valence electrons. The fraction of sp³-hybridized carbons (Fsp3) is 0.167. The number of aromatic nitrogens is 3. The molecular weight excluding hydrogens is 357 g/mol. The van der Waals surface area contributed by atoms with Crippen LogP contribution in [0.2, 0.25) is 0 Å². The third-order valence-electron chi connectivity index (χ3n) is 4.13. The smallest absolute Gasteiger partial charge is 0.262 e. The number of benzene rings is 1. The van der Waals surface area contributed by atoms with E-state index in [1.807, 2.05) is 19.2 Å². The van der Waals surface area contributed by atoms with Gasteiger partial charge in [-0.05, 0) is 43.7 Å². The van der Waals surface area contributed by atoms with Gasteiger partial charge in [-0.2, -0.15) is 0 Å². The highest BCUT2D eigenvalue weighted by atomic mass is 32.1. The number of halogens is 1. The van der Waals surface area contributed by atoms with Crippen LogP contribution in [0.3, 0.4) is 0 Å². The monoisotopic (exact) mass is 371 g/mol. The van der Waals surface area contributed by atoms with Crippen molar-refractivity contribution in [2.24, 2.45) is 0 Å². The average molecular weight is 371 g/mol. The van der Waals surface area contributed by atoms with Crippen molar-refractivity contribution in [3.8, 4) is 10.6 Å². The van der Waals surface area contributed by atoms with Crippen LogP contribution >= 0.6 is 22.7 Å². The topological polar surface area (TPSA) is 47.8 Å². The first-order valence-corrected chi connectivity index (χ1v) is 9.38. The van der Waals surface area contributed by atoms with Crippen molar-refractivity contribution in [3.63, 3.8) is 0 Å². The Hall–Kier alpha value is -2.38. The molecule has 0 spiro atoms. The lowest BCUT2D eigenvalue weighted by Gasteiger charge is -2.03. The minimum atomic E-state index is -0.270. The standard InChI is InChI=1S/C18H14FN3OS2/c1-10-11(2)25-17-15(10)18(23)22(9-20-17)7-14-8-24-16(21-14)12-3-5-13(19)6-4-12/h3-6,8-9H,7H2,1-2H3. The first-order valence-electron chi connectivity index (χ1n) is 7.68. The maximum Gasteiger partial charge on any atom is 0.262 e. The fourth-order valence-corrected chi connectivity index (χ4v) is 4.47. The van der Waals surface area contributed by atoms with Crippen LogP contribution in [-0.4, -0.2) is 14.5 Å². The minimum absolute atomic E-state index is 0.0387. The van der Waals surface area contributed by atoms with E-state index in [4.69, 9.17) is 0 Å². The number of rotatable bonds is 3. The van der Waals surface area contributed by atoms with Gasteiger partial charge >= 0.3 is 0 Å². The van der Waals surface area contributed by atoms with Gasteiger partial charge in [0.15, 0.2) is 0 Å². The van der Waals surface area contributed by atoms with Gasteiger partial charge in [0.25, 0.3) is 5.56 Å². The Labute approximate surface area is 151 Å². The van der Waals surface area contributed by atoms with Crippen molar-refractivity contribution in [3.05, 3.63) is 68.3 Å². The van der Waals surface area contributed by atoms with E-state index >= 15 is 0 Å². The van der Waals surface area contributed by atoms with Gasteiger partial charge in [-0.15, -0.1) is 22.7 Å². The first-order chi connectivity index (χ1) is 12.0. The third kappa shape index (κ3) is 2.89. The molecule has 0 aliphatic rings. The first kappa shape index (κ1) is 16.1. The molecule has 1 aromatic carbocycles. The van der Waals surface area contributed by atoms with Crippen LogP contribution in [0.15, 0.2) is 40.8 Å². The van der Waals surface area contributed by atoms with E-state index in [-0.39, 0.29) is 11.4 Å². The zero-order valence-corrected chi connectivity index (χ0v) is 15.2. The quantitative estimate of drug-likeness (QED) is 0.537. The molecule has 0 aliphatic carbocycles. The number of thiophene rings is 1. The Balaban J connectivity index is 1.68. The normalized spacial score (nSPS) is 11.3. The van der Waals surface area contributed by atoms with Gasteiger partial charge in [0.05, 0.1) is 24.0 Å². The summed E-state index contributed by atoms with van der Waals surface area (Å²) in [5.74, 6) is -0.270. The van der Waals surface area contributed by atoms with Gasteiger partial charge in [0.1, 0.15) is 15.7 Å². The molecule has 0 unspecified atom stereocenters. The van der Waals surface area contributed by atoms with E-state index in [0.717, 1.165) is 31.5 Å². The lowest BCUT2D eigenvalue weighted by molar-refractivity contribution is 0.628. The molecule has 0 aliphatic heterocycles. The third-order valence-corrected chi connectivity index (χ3v) is 6.19. The van der Waals surface area contributed by atoms with Crippen molar-refractivity contribution in [1.82, 2.24) is 14.5 Å². The lowest BCUT2D eigenvalue weighted by Crippen LogP contribution is -2.21. The minimum Gasteiger partial charge on any atom is -0.293 e. The number of thiazole rings is 1. The van der Waals surface area contributed by atoms with Crippen LogP contribution in [-0.2, 0) is 6.54 Å². The number of nitrogens with zero attached hydrogens (tertiary/aromatic N) is 3. The Morgan fingerprint density at radius 1 is 1.20 bits per heavy atom. The summed E-state index contributed by atoms with van der Waals surface area (Å²) in [6.07, 6.45) is 1.58. The molecule has 7 heteroatoms. The summed E-state index contributed by atoms with van der Waals surface area (Å²) in [5.41, 5.74) is 2.61. The summed E-state index contributed by atoms with van der Waals surface area (Å²) >= 11 is 3.02. The second-order valence-corrected chi connectivity index (χ2v) is 7.85. The van der Waals surface area contributed by atoms with E-state index in [1.165, 1.54) is 23.5 Å². The van der Waals surface area contributed by atoms with Crippen LogP contribution in [0.25, 0.3) is 20.8 Å². The zero-order chi connectivity index (χ0) is 17.6. The van der Waals surface area contributed by atoms with Gasteiger partial charge in [-0.3, -0.25) is 9.36 Å². The predicted octanol–water partition coefficient (Wildman–Crippen LogP) is 4.39. The van der Waals surface area contributed by atoms with E-state index in [9.17, 15) is 9.18 Å². The van der Waals surface area contributed by atoms with Gasteiger partial charge in [-0.25, -0.2) is 14.4 Å². The molecule has 25 heavy (non-hydrogen) atoms.